The number of nitrogens with zero attached hydrogens (tertiary/aromatic N) is 3. The Bertz CT molecular complexity index is 1740. The summed E-state index contributed by atoms with van der Waals surface area (Å²) in [6.45, 7) is 20.4. The highest BCUT2D eigenvalue weighted by atomic mass is 32.1. The third-order valence-electron chi connectivity index (χ3n) is 16.6. The van der Waals surface area contributed by atoms with Crippen LogP contribution in [-0.4, -0.2) is 88.0 Å². The number of carboxylic acids is 1. The Hall–Kier alpha value is -2.63. The number of thiazole rings is 1. The van der Waals surface area contributed by atoms with E-state index in [1.165, 1.54) is 5.57 Å². The first kappa shape index (κ1) is 43.0. The van der Waals surface area contributed by atoms with Crippen molar-refractivity contribution in [1.82, 2.24) is 14.8 Å². The van der Waals surface area contributed by atoms with E-state index in [0.29, 0.717) is 31.3 Å². The zero-order valence-corrected chi connectivity index (χ0v) is 36.8. The molecule has 1 aromatic heterocycles. The van der Waals surface area contributed by atoms with Crippen molar-refractivity contribution >= 4 is 35.0 Å². The number of rotatable bonds is 12. The summed E-state index contributed by atoms with van der Waals surface area (Å²) >= 11 is 1.54. The number of ether oxygens (including phenoxy) is 1. The minimum atomic E-state index is -1.18. The average Bonchev–Trinajstić information content (AvgIpc) is 3.71. The molecule has 10 nitrogen and oxygen atoms in total. The molecule has 56 heavy (non-hydrogen) atoms. The highest BCUT2D eigenvalue weighted by Gasteiger charge is 2.71. The lowest BCUT2D eigenvalue weighted by molar-refractivity contribution is -0.235. The number of aliphatic hydroxyl groups excluding tert-OH is 1. The van der Waals surface area contributed by atoms with E-state index in [2.05, 4.69) is 53.5 Å². The number of aromatic nitrogens is 1. The van der Waals surface area contributed by atoms with E-state index in [0.717, 1.165) is 61.9 Å². The molecule has 4 fully saturated rings. The first-order chi connectivity index (χ1) is 25.9. The van der Waals surface area contributed by atoms with Gasteiger partial charge in [0.25, 0.3) is 0 Å². The molecule has 0 spiro atoms. The van der Waals surface area contributed by atoms with Gasteiger partial charge in [0.1, 0.15) is 11.1 Å². The lowest BCUT2D eigenvalue weighted by Gasteiger charge is -2.72. The van der Waals surface area contributed by atoms with Crippen molar-refractivity contribution in [3.8, 4) is 0 Å². The third kappa shape index (κ3) is 6.91. The van der Waals surface area contributed by atoms with E-state index in [1.807, 2.05) is 10.3 Å². The van der Waals surface area contributed by atoms with Crippen molar-refractivity contribution in [3.63, 3.8) is 0 Å². The molecule has 6 rings (SSSR count). The van der Waals surface area contributed by atoms with Crippen LogP contribution in [0.15, 0.2) is 22.7 Å². The lowest BCUT2D eigenvalue weighted by atomic mass is 9.33. The molecular weight excluding hydrogens is 727 g/mol. The molecule has 11 heteroatoms. The fourth-order valence-electron chi connectivity index (χ4n) is 13.4. The maximum absolute atomic E-state index is 14.3. The number of hydrogen-bond acceptors (Lipinski definition) is 9. The quantitative estimate of drug-likeness (QED) is 0.203. The number of fused-ring (bicyclic) bond motifs is 7. The molecular formula is C45H69N3O7S. The van der Waals surface area contributed by atoms with E-state index in [-0.39, 0.29) is 64.3 Å². The monoisotopic (exact) mass is 795 g/mol. The van der Waals surface area contributed by atoms with Crippen LogP contribution < -0.4 is 0 Å². The van der Waals surface area contributed by atoms with Gasteiger partial charge in [-0.15, -0.1) is 11.3 Å². The summed E-state index contributed by atoms with van der Waals surface area (Å²) < 4.78 is 6.18. The van der Waals surface area contributed by atoms with Gasteiger partial charge >= 0.3 is 11.9 Å². The molecule has 1 heterocycles. The molecule has 312 valence electrons. The number of hydrogen-bond donors (Lipinski definition) is 2. The normalized spacial score (nSPS) is 35.7. The van der Waals surface area contributed by atoms with Crippen molar-refractivity contribution in [3.05, 3.63) is 27.7 Å². The zero-order valence-electron chi connectivity index (χ0n) is 36.0. The van der Waals surface area contributed by atoms with E-state index in [1.54, 1.807) is 50.4 Å². The standard InChI is InChI=1S/C45H69N3O7S/c1-27(2)37-29(49)22-45(32(50)24-48(26-35(51)47(10)11)25-34-46-20-21-56-34)19-18-43(8)28(38(37)45)12-13-31-42(7)16-15-33(55-36(52)23-40(3,4)39(53)54)41(5,6)30(42)14-17-44(31,43)9/h20-21,27-28,30-33,50H,12-19,22-26H2,1-11H3,(H,53,54)/t28-,30+,31-,32+,33+,42+,43-,44-,45+/m1/s1. The fourth-order valence-corrected chi connectivity index (χ4v) is 14.0. The van der Waals surface area contributed by atoms with E-state index >= 15 is 0 Å². The van der Waals surface area contributed by atoms with Gasteiger partial charge in [-0.05, 0) is 111 Å². The molecule has 9 atom stereocenters. The molecule has 0 radical (unpaired) electrons. The number of allylic oxidation sites excluding steroid dienone is 1. The molecule has 0 unspecified atom stereocenters. The summed E-state index contributed by atoms with van der Waals surface area (Å²) in [6, 6.07) is 0. The minimum Gasteiger partial charge on any atom is -0.481 e. The number of amides is 1. The summed E-state index contributed by atoms with van der Waals surface area (Å²) in [5.41, 5.74) is -0.00957. The van der Waals surface area contributed by atoms with Crippen LogP contribution in [0.4, 0.5) is 0 Å². The topological polar surface area (TPSA) is 137 Å². The van der Waals surface area contributed by atoms with Gasteiger partial charge in [0.15, 0.2) is 5.78 Å². The number of carbonyl (C=O) groups excluding carboxylic acids is 3. The van der Waals surface area contributed by atoms with Crippen molar-refractivity contribution < 1.29 is 34.1 Å². The number of esters is 1. The van der Waals surface area contributed by atoms with Crippen LogP contribution in [0, 0.1) is 56.2 Å². The predicted molar refractivity (Wildman–Crippen MR) is 217 cm³/mol. The first-order valence-corrected chi connectivity index (χ1v) is 22.0. The second kappa shape index (κ2) is 14.9. The third-order valence-corrected chi connectivity index (χ3v) is 17.4. The SMILES string of the molecule is CC(C)C1=C2[C@H]3CC[C@@H]4[C@@]5(C)CC[C@H](OC(=O)CC(C)(C)C(=O)O)C(C)(C)[C@@H]5CC[C@@]4(C)[C@]3(C)CC[C@@]2([C@@H](O)CN(CC(=O)N(C)C)Cc2nccs2)CC1=O. The van der Waals surface area contributed by atoms with E-state index in [4.69, 9.17) is 4.74 Å². The van der Waals surface area contributed by atoms with Gasteiger partial charge in [0, 0.05) is 49.5 Å². The Morgan fingerprint density at radius 1 is 0.982 bits per heavy atom. The van der Waals surface area contributed by atoms with Crippen LogP contribution in [0.25, 0.3) is 0 Å². The summed E-state index contributed by atoms with van der Waals surface area (Å²) in [5, 5.41) is 25.0. The van der Waals surface area contributed by atoms with Crippen LogP contribution in [0.3, 0.4) is 0 Å². The predicted octanol–water partition coefficient (Wildman–Crippen LogP) is 7.79. The Kier molecular flexibility index (Phi) is 11.4. The van der Waals surface area contributed by atoms with Gasteiger partial charge in [0.2, 0.25) is 5.91 Å². The van der Waals surface area contributed by atoms with Gasteiger partial charge < -0.3 is 19.8 Å². The Morgan fingerprint density at radius 2 is 1.68 bits per heavy atom. The molecule has 0 aromatic carbocycles. The molecule has 0 aliphatic heterocycles. The first-order valence-electron chi connectivity index (χ1n) is 21.1. The van der Waals surface area contributed by atoms with Crippen LogP contribution in [0.5, 0.6) is 0 Å². The smallest absolute Gasteiger partial charge is 0.309 e. The number of ketones is 1. The van der Waals surface area contributed by atoms with Gasteiger partial charge in [-0.2, -0.15) is 0 Å². The number of likely N-dealkylation sites (N-methyl/N-ethyl adjacent to an activating group) is 1. The molecule has 5 aliphatic rings. The van der Waals surface area contributed by atoms with Crippen molar-refractivity contribution in [2.75, 3.05) is 27.2 Å². The molecule has 1 aromatic rings. The number of aliphatic carboxylic acids is 1. The van der Waals surface area contributed by atoms with Crippen LogP contribution in [-0.2, 0) is 30.5 Å². The lowest BCUT2D eigenvalue weighted by Crippen LogP contribution is -2.66. The maximum atomic E-state index is 14.3. The second-order valence-electron chi connectivity index (χ2n) is 21.0. The second-order valence-corrected chi connectivity index (χ2v) is 21.9. The Balaban J connectivity index is 1.29. The van der Waals surface area contributed by atoms with E-state index < -0.39 is 28.9 Å². The summed E-state index contributed by atoms with van der Waals surface area (Å²) in [4.78, 5) is 60.3. The summed E-state index contributed by atoms with van der Waals surface area (Å²) in [7, 11) is 3.51. The highest BCUT2D eigenvalue weighted by molar-refractivity contribution is 7.09. The van der Waals surface area contributed by atoms with Gasteiger partial charge in [0.05, 0.1) is 31.0 Å². The van der Waals surface area contributed by atoms with Crippen molar-refractivity contribution in [2.45, 2.75) is 145 Å². The number of Topliss-reactive ketones (excluding diaryl/α,β-unsaturated/α-hetero) is 1. The minimum absolute atomic E-state index is 0.000876. The molecule has 1 amide bonds. The van der Waals surface area contributed by atoms with E-state index in [9.17, 15) is 29.4 Å². The number of carboxylic acid groups (broad SMARTS) is 1. The van der Waals surface area contributed by atoms with Crippen molar-refractivity contribution in [1.29, 1.82) is 0 Å². The zero-order chi connectivity index (χ0) is 41.4. The molecule has 2 N–H and O–H groups in total. The van der Waals surface area contributed by atoms with Crippen LogP contribution in [0.1, 0.15) is 132 Å². The molecule has 0 saturated heterocycles. The van der Waals surface area contributed by atoms with Crippen molar-refractivity contribution in [2.24, 2.45) is 56.2 Å². The largest absolute Gasteiger partial charge is 0.481 e. The van der Waals surface area contributed by atoms with Gasteiger partial charge in [-0.1, -0.05) is 54.0 Å². The Morgan fingerprint density at radius 3 is 2.29 bits per heavy atom. The average molecular weight is 796 g/mol. The van der Waals surface area contributed by atoms with Gasteiger partial charge in [-0.25, -0.2) is 4.98 Å². The Labute approximate surface area is 339 Å². The van der Waals surface area contributed by atoms with Crippen LogP contribution in [0.2, 0.25) is 0 Å². The summed E-state index contributed by atoms with van der Waals surface area (Å²) in [5.74, 6) is -0.279. The maximum Gasteiger partial charge on any atom is 0.309 e. The number of carbonyl (C=O) groups is 4. The summed E-state index contributed by atoms with van der Waals surface area (Å²) in [6.07, 6.45) is 8.31. The molecule has 4 saturated carbocycles. The fraction of sp³-hybridized carbons (Fsp3) is 0.800. The highest BCUT2D eigenvalue weighted by Crippen LogP contribution is 2.77. The van der Waals surface area contributed by atoms with Gasteiger partial charge in [-0.3, -0.25) is 24.1 Å². The van der Waals surface area contributed by atoms with Crippen LogP contribution >= 0.6 is 11.3 Å². The molecule has 5 aliphatic carbocycles. The number of aliphatic hydroxyl groups is 1. The molecule has 0 bridgehead atoms.